The van der Waals surface area contributed by atoms with Gasteiger partial charge in [0, 0.05) is 16.8 Å². The Balaban J connectivity index is 1.94. The van der Waals surface area contributed by atoms with Crippen molar-refractivity contribution in [3.05, 3.63) is 65.4 Å². The summed E-state index contributed by atoms with van der Waals surface area (Å²) in [5, 5.41) is 4.06. The minimum Gasteiger partial charge on any atom is -0.369 e. The highest BCUT2D eigenvalue weighted by Crippen LogP contribution is 2.41. The van der Waals surface area contributed by atoms with Crippen LogP contribution in [0.15, 0.2) is 43.0 Å². The number of aromatic nitrogens is 1. The standard InChI is InChI=1S/C25H27N3O2/c1-4-23(30)27-20-7-5-6-17(15(20)3)18-11-9-16(13-22(26)29)25-24(18)19-10-8-14(2)12-21(19)28-25/h4-7,9,11,14,28H,1,8,10,12-13H2,2-3H3,(H2,26,29)(H,27,30). The molecule has 0 saturated heterocycles. The highest BCUT2D eigenvalue weighted by Gasteiger charge is 2.24. The van der Waals surface area contributed by atoms with E-state index in [2.05, 4.69) is 35.9 Å². The summed E-state index contributed by atoms with van der Waals surface area (Å²) in [6.07, 6.45) is 4.64. The molecule has 5 heteroatoms. The normalized spacial score (nSPS) is 15.6. The van der Waals surface area contributed by atoms with Crippen molar-refractivity contribution < 1.29 is 9.59 Å². The predicted octanol–water partition coefficient (Wildman–Crippen LogP) is 4.42. The van der Waals surface area contributed by atoms with E-state index in [9.17, 15) is 9.59 Å². The summed E-state index contributed by atoms with van der Waals surface area (Å²) in [7, 11) is 0. The maximum absolute atomic E-state index is 11.8. The Morgan fingerprint density at radius 3 is 2.80 bits per heavy atom. The van der Waals surface area contributed by atoms with Gasteiger partial charge in [-0.25, -0.2) is 0 Å². The van der Waals surface area contributed by atoms with E-state index in [4.69, 9.17) is 5.73 Å². The number of carbonyl (C=O) groups is 2. The molecule has 1 atom stereocenters. The zero-order valence-corrected chi connectivity index (χ0v) is 17.5. The first kappa shape index (κ1) is 20.0. The molecule has 1 aliphatic rings. The van der Waals surface area contributed by atoms with Crippen LogP contribution >= 0.6 is 0 Å². The highest BCUT2D eigenvalue weighted by atomic mass is 16.1. The Morgan fingerprint density at radius 1 is 1.27 bits per heavy atom. The van der Waals surface area contributed by atoms with Crippen molar-refractivity contribution >= 4 is 28.4 Å². The first-order chi connectivity index (χ1) is 14.4. The Labute approximate surface area is 176 Å². The van der Waals surface area contributed by atoms with Gasteiger partial charge < -0.3 is 16.0 Å². The molecule has 1 aliphatic carbocycles. The zero-order valence-electron chi connectivity index (χ0n) is 17.5. The maximum atomic E-state index is 11.8. The monoisotopic (exact) mass is 401 g/mol. The third-order valence-electron chi connectivity index (χ3n) is 6.11. The molecule has 0 saturated carbocycles. The predicted molar refractivity (Wildman–Crippen MR) is 121 cm³/mol. The van der Waals surface area contributed by atoms with Gasteiger partial charge in [0.05, 0.1) is 11.9 Å². The smallest absolute Gasteiger partial charge is 0.247 e. The summed E-state index contributed by atoms with van der Waals surface area (Å²) in [6, 6.07) is 9.99. The molecule has 3 aromatic rings. The van der Waals surface area contributed by atoms with E-state index < -0.39 is 0 Å². The average molecular weight is 402 g/mol. The van der Waals surface area contributed by atoms with Gasteiger partial charge in [-0.05, 0) is 72.1 Å². The first-order valence-electron chi connectivity index (χ1n) is 10.4. The number of rotatable bonds is 5. The number of aromatic amines is 1. The largest absolute Gasteiger partial charge is 0.369 e. The van der Waals surface area contributed by atoms with Crippen molar-refractivity contribution in [3.63, 3.8) is 0 Å². The van der Waals surface area contributed by atoms with Crippen LogP contribution in [0.5, 0.6) is 0 Å². The molecule has 2 amide bonds. The molecule has 1 unspecified atom stereocenters. The summed E-state index contributed by atoms with van der Waals surface area (Å²) in [5.41, 5.74) is 14.0. The van der Waals surface area contributed by atoms with Gasteiger partial charge in [0.15, 0.2) is 0 Å². The van der Waals surface area contributed by atoms with Gasteiger partial charge in [0.2, 0.25) is 11.8 Å². The second kappa shape index (κ2) is 7.82. The lowest BCUT2D eigenvalue weighted by Gasteiger charge is -2.19. The summed E-state index contributed by atoms with van der Waals surface area (Å²) in [6.45, 7) is 7.82. The van der Waals surface area contributed by atoms with Crippen molar-refractivity contribution in [2.75, 3.05) is 5.32 Å². The number of nitrogens with two attached hydrogens (primary N) is 1. The van der Waals surface area contributed by atoms with Crippen LogP contribution in [-0.4, -0.2) is 16.8 Å². The van der Waals surface area contributed by atoms with Crippen molar-refractivity contribution in [2.45, 2.75) is 39.5 Å². The topological polar surface area (TPSA) is 88.0 Å². The maximum Gasteiger partial charge on any atom is 0.247 e. The number of benzene rings is 2. The van der Waals surface area contributed by atoms with Crippen molar-refractivity contribution in [1.82, 2.24) is 4.98 Å². The number of H-pyrrole nitrogens is 1. The lowest BCUT2D eigenvalue weighted by atomic mass is 9.85. The van der Waals surface area contributed by atoms with Crippen LogP contribution in [0, 0.1) is 12.8 Å². The van der Waals surface area contributed by atoms with Crippen molar-refractivity contribution in [1.29, 1.82) is 0 Å². The summed E-state index contributed by atoms with van der Waals surface area (Å²) in [4.78, 5) is 27.1. The number of carbonyl (C=O) groups excluding carboxylic acids is 2. The SMILES string of the molecule is C=CC(=O)Nc1cccc(-c2ccc(CC(N)=O)c3[nH]c4c(c23)CCC(C)C4)c1C. The van der Waals surface area contributed by atoms with E-state index in [1.54, 1.807) is 0 Å². The number of primary amides is 1. The van der Waals surface area contributed by atoms with E-state index in [-0.39, 0.29) is 18.2 Å². The van der Waals surface area contributed by atoms with E-state index in [0.717, 1.165) is 52.7 Å². The molecule has 5 nitrogen and oxygen atoms in total. The molecule has 154 valence electrons. The highest BCUT2D eigenvalue weighted by molar-refractivity contribution is 6.04. The Hall–Kier alpha value is -3.34. The van der Waals surface area contributed by atoms with Gasteiger partial charge in [-0.1, -0.05) is 37.8 Å². The molecule has 0 aliphatic heterocycles. The van der Waals surface area contributed by atoms with E-state index in [0.29, 0.717) is 5.92 Å². The Bertz CT molecular complexity index is 1170. The molecule has 4 rings (SSSR count). The van der Waals surface area contributed by atoms with E-state index in [1.165, 1.54) is 22.7 Å². The molecule has 1 heterocycles. The third kappa shape index (κ3) is 3.52. The van der Waals surface area contributed by atoms with Gasteiger partial charge >= 0.3 is 0 Å². The molecule has 0 spiro atoms. The second-order valence-electron chi connectivity index (χ2n) is 8.27. The van der Waals surface area contributed by atoms with Crippen LogP contribution in [0.2, 0.25) is 0 Å². The van der Waals surface area contributed by atoms with Gasteiger partial charge in [-0.15, -0.1) is 0 Å². The molecular formula is C25H27N3O2. The zero-order chi connectivity index (χ0) is 21.4. The van der Waals surface area contributed by atoms with E-state index >= 15 is 0 Å². The third-order valence-corrected chi connectivity index (χ3v) is 6.11. The fraction of sp³-hybridized carbons (Fsp3) is 0.280. The molecule has 0 bridgehead atoms. The van der Waals surface area contributed by atoms with Crippen molar-refractivity contribution in [3.8, 4) is 11.1 Å². The molecule has 0 fully saturated rings. The number of hydrogen-bond acceptors (Lipinski definition) is 2. The van der Waals surface area contributed by atoms with Crippen LogP contribution in [0.1, 0.15) is 35.7 Å². The Morgan fingerprint density at radius 2 is 2.07 bits per heavy atom. The molecule has 4 N–H and O–H groups in total. The number of aryl methyl sites for hydroxylation is 1. The number of anilines is 1. The summed E-state index contributed by atoms with van der Waals surface area (Å²) >= 11 is 0. The number of fused-ring (bicyclic) bond motifs is 3. The Kier molecular flexibility index (Phi) is 5.20. The fourth-order valence-corrected chi connectivity index (χ4v) is 4.58. The van der Waals surface area contributed by atoms with Crippen LogP contribution in [0.3, 0.4) is 0 Å². The fourth-order valence-electron chi connectivity index (χ4n) is 4.58. The molecule has 2 aromatic carbocycles. The molecular weight excluding hydrogens is 374 g/mol. The minimum absolute atomic E-state index is 0.208. The molecule has 30 heavy (non-hydrogen) atoms. The van der Waals surface area contributed by atoms with Gasteiger partial charge in [0.25, 0.3) is 0 Å². The average Bonchev–Trinajstić information content (AvgIpc) is 3.08. The van der Waals surface area contributed by atoms with Crippen LogP contribution < -0.4 is 11.1 Å². The summed E-state index contributed by atoms with van der Waals surface area (Å²) in [5.74, 6) is 0.0632. The first-order valence-corrected chi connectivity index (χ1v) is 10.4. The number of hydrogen-bond donors (Lipinski definition) is 3. The van der Waals surface area contributed by atoms with Crippen LogP contribution in [0.4, 0.5) is 5.69 Å². The molecule has 1 aromatic heterocycles. The minimum atomic E-state index is -0.338. The van der Waals surface area contributed by atoms with Crippen LogP contribution in [-0.2, 0) is 28.9 Å². The molecule has 0 radical (unpaired) electrons. The van der Waals surface area contributed by atoms with Gasteiger partial charge in [-0.2, -0.15) is 0 Å². The van der Waals surface area contributed by atoms with Gasteiger partial charge in [-0.3, -0.25) is 9.59 Å². The van der Waals surface area contributed by atoms with Crippen molar-refractivity contribution in [2.24, 2.45) is 11.7 Å². The number of amides is 2. The van der Waals surface area contributed by atoms with Gasteiger partial charge in [0.1, 0.15) is 0 Å². The second-order valence-corrected chi connectivity index (χ2v) is 8.27. The lowest BCUT2D eigenvalue weighted by Crippen LogP contribution is -2.14. The number of nitrogens with one attached hydrogen (secondary N) is 2. The quantitative estimate of drug-likeness (QED) is 0.553. The summed E-state index contributed by atoms with van der Waals surface area (Å²) < 4.78 is 0. The van der Waals surface area contributed by atoms with Crippen LogP contribution in [0.25, 0.3) is 22.0 Å². The van der Waals surface area contributed by atoms with E-state index in [1.807, 2.05) is 25.1 Å². The lowest BCUT2D eigenvalue weighted by molar-refractivity contribution is -0.117.